The average molecular weight is 538 g/mol. The van der Waals surface area contributed by atoms with Crippen LogP contribution in [0.25, 0.3) is 10.9 Å². The van der Waals surface area contributed by atoms with Crippen molar-refractivity contribution in [2.45, 2.75) is 38.1 Å². The van der Waals surface area contributed by atoms with Crippen LogP contribution in [0, 0.1) is 0 Å². The maximum atomic E-state index is 14.3. The number of rotatable bonds is 8. The van der Waals surface area contributed by atoms with E-state index in [4.69, 9.17) is 9.47 Å². The average Bonchev–Trinajstić information content (AvgIpc) is 3.38. The first-order valence-electron chi connectivity index (χ1n) is 14.0. The van der Waals surface area contributed by atoms with Gasteiger partial charge in [0.15, 0.2) is 17.0 Å². The van der Waals surface area contributed by atoms with E-state index in [0.717, 1.165) is 39.7 Å². The number of carbonyl (C=O) groups is 2. The highest BCUT2D eigenvalue weighted by Gasteiger charge is 2.56. The monoisotopic (exact) mass is 537 g/mol. The summed E-state index contributed by atoms with van der Waals surface area (Å²) in [6.45, 7) is 5.55. The van der Waals surface area contributed by atoms with Crippen LogP contribution < -0.4 is 9.47 Å². The van der Waals surface area contributed by atoms with Crippen LogP contribution >= 0.6 is 0 Å². The lowest BCUT2D eigenvalue weighted by atomic mass is 9.76. The van der Waals surface area contributed by atoms with Crippen LogP contribution in [0.5, 0.6) is 11.5 Å². The second-order valence-corrected chi connectivity index (χ2v) is 10.8. The standard InChI is InChI=1S/C33H35N3O4/c1-4-18-40-27-15-14-23(19-28(27)39-3)25-20-36-29(37)21-35(17-16-22-10-6-5-7-11-22)32(38)33(36,2)31-30(25)24-12-8-9-13-26(24)34-31/h5-15,19,25,34H,4,16-18,20-21H2,1-3H3. The fourth-order valence-corrected chi connectivity index (χ4v) is 6.30. The van der Waals surface area contributed by atoms with Crippen molar-refractivity contribution >= 4 is 22.7 Å². The largest absolute Gasteiger partial charge is 0.493 e. The zero-order valence-electron chi connectivity index (χ0n) is 23.3. The van der Waals surface area contributed by atoms with Gasteiger partial charge in [0.05, 0.1) is 26.0 Å². The number of hydrogen-bond acceptors (Lipinski definition) is 4. The van der Waals surface area contributed by atoms with Crippen molar-refractivity contribution in [3.63, 3.8) is 0 Å². The van der Waals surface area contributed by atoms with E-state index in [9.17, 15) is 9.59 Å². The third-order valence-electron chi connectivity index (χ3n) is 8.38. The Balaban J connectivity index is 1.43. The lowest BCUT2D eigenvalue weighted by Crippen LogP contribution is -2.67. The Kier molecular flexibility index (Phi) is 6.74. The zero-order chi connectivity index (χ0) is 27.9. The quantitative estimate of drug-likeness (QED) is 0.334. The molecule has 2 unspecified atom stereocenters. The van der Waals surface area contributed by atoms with Crippen molar-refractivity contribution in [1.29, 1.82) is 0 Å². The predicted molar refractivity (Wildman–Crippen MR) is 155 cm³/mol. The molecule has 0 saturated carbocycles. The fourth-order valence-electron chi connectivity index (χ4n) is 6.30. The third-order valence-corrected chi connectivity index (χ3v) is 8.38. The summed E-state index contributed by atoms with van der Waals surface area (Å²) in [5.41, 5.74) is 3.84. The molecule has 1 N–H and O–H groups in total. The Morgan fingerprint density at radius 1 is 1.00 bits per heavy atom. The maximum Gasteiger partial charge on any atom is 0.254 e. The molecule has 1 fully saturated rings. The molecule has 206 valence electrons. The van der Waals surface area contributed by atoms with Gasteiger partial charge in [-0.15, -0.1) is 0 Å². The normalized spacial score (nSPS) is 20.4. The molecule has 2 aliphatic rings. The summed E-state index contributed by atoms with van der Waals surface area (Å²) in [6.07, 6.45) is 1.60. The van der Waals surface area contributed by atoms with E-state index in [-0.39, 0.29) is 24.3 Å². The lowest BCUT2D eigenvalue weighted by molar-refractivity contribution is -0.166. The molecule has 3 heterocycles. The molecule has 0 radical (unpaired) electrons. The second kappa shape index (κ2) is 10.4. The van der Waals surface area contributed by atoms with Crippen LogP contribution in [0.2, 0.25) is 0 Å². The molecular formula is C33H35N3O4. The first-order valence-corrected chi connectivity index (χ1v) is 14.0. The molecule has 40 heavy (non-hydrogen) atoms. The van der Waals surface area contributed by atoms with E-state index in [0.29, 0.717) is 37.6 Å². The Morgan fingerprint density at radius 2 is 1.77 bits per heavy atom. The van der Waals surface area contributed by atoms with Crippen LogP contribution in [0.3, 0.4) is 0 Å². The summed E-state index contributed by atoms with van der Waals surface area (Å²) in [7, 11) is 1.64. The van der Waals surface area contributed by atoms with Crippen molar-refractivity contribution in [3.8, 4) is 11.5 Å². The van der Waals surface area contributed by atoms with E-state index in [1.54, 1.807) is 16.9 Å². The topological polar surface area (TPSA) is 74.9 Å². The van der Waals surface area contributed by atoms with Gasteiger partial charge in [-0.05, 0) is 54.7 Å². The van der Waals surface area contributed by atoms with E-state index < -0.39 is 5.54 Å². The van der Waals surface area contributed by atoms with Crippen LogP contribution in [0.1, 0.15) is 48.6 Å². The highest BCUT2D eigenvalue weighted by molar-refractivity contribution is 6.01. The molecule has 1 saturated heterocycles. The summed E-state index contributed by atoms with van der Waals surface area (Å²) in [4.78, 5) is 35.1. The van der Waals surface area contributed by atoms with E-state index in [1.165, 1.54) is 0 Å². The van der Waals surface area contributed by atoms with Gasteiger partial charge in [-0.3, -0.25) is 9.59 Å². The van der Waals surface area contributed by atoms with Gasteiger partial charge in [-0.25, -0.2) is 0 Å². The highest BCUT2D eigenvalue weighted by Crippen LogP contribution is 2.49. The maximum absolute atomic E-state index is 14.3. The Hall–Kier alpha value is -4.26. The van der Waals surface area contributed by atoms with Gasteiger partial charge in [0, 0.05) is 29.9 Å². The number of H-pyrrole nitrogens is 1. The number of methoxy groups -OCH3 is 1. The van der Waals surface area contributed by atoms with Gasteiger partial charge in [0.2, 0.25) is 5.91 Å². The molecule has 3 aromatic carbocycles. The third kappa shape index (κ3) is 4.21. The van der Waals surface area contributed by atoms with Crippen molar-refractivity contribution in [2.75, 3.05) is 33.4 Å². The van der Waals surface area contributed by atoms with Gasteiger partial charge >= 0.3 is 0 Å². The summed E-state index contributed by atoms with van der Waals surface area (Å²) in [6, 6.07) is 24.2. The summed E-state index contributed by atoms with van der Waals surface area (Å²) in [5.74, 6) is 1.13. The minimum atomic E-state index is -1.12. The van der Waals surface area contributed by atoms with Crippen molar-refractivity contribution in [3.05, 3.63) is 95.2 Å². The van der Waals surface area contributed by atoms with Gasteiger partial charge in [-0.2, -0.15) is 0 Å². The van der Waals surface area contributed by atoms with Gasteiger partial charge < -0.3 is 24.3 Å². The number of fused-ring (bicyclic) bond motifs is 5. The second-order valence-electron chi connectivity index (χ2n) is 10.8. The first-order chi connectivity index (χ1) is 19.5. The predicted octanol–water partition coefficient (Wildman–Crippen LogP) is 5.24. The van der Waals surface area contributed by atoms with Crippen LogP contribution in [-0.4, -0.2) is 59.9 Å². The number of para-hydroxylation sites is 1. The number of benzene rings is 3. The van der Waals surface area contributed by atoms with Crippen LogP contribution in [0.4, 0.5) is 0 Å². The number of amides is 2. The Morgan fingerprint density at radius 3 is 2.55 bits per heavy atom. The van der Waals surface area contributed by atoms with Crippen molar-refractivity contribution in [2.24, 2.45) is 0 Å². The minimum Gasteiger partial charge on any atom is -0.493 e. The molecule has 4 aromatic rings. The zero-order valence-corrected chi connectivity index (χ0v) is 23.3. The van der Waals surface area contributed by atoms with E-state index in [1.807, 2.05) is 55.5 Å². The first kappa shape index (κ1) is 26.0. The number of carbonyl (C=O) groups excluding carboxylic acids is 2. The van der Waals surface area contributed by atoms with E-state index >= 15 is 0 Å². The summed E-state index contributed by atoms with van der Waals surface area (Å²) in [5, 5.41) is 1.07. The summed E-state index contributed by atoms with van der Waals surface area (Å²) >= 11 is 0. The number of piperazine rings is 1. The molecule has 7 nitrogen and oxygen atoms in total. The summed E-state index contributed by atoms with van der Waals surface area (Å²) < 4.78 is 11.6. The van der Waals surface area contributed by atoms with Crippen LogP contribution in [-0.2, 0) is 21.5 Å². The Bertz CT molecular complexity index is 1560. The van der Waals surface area contributed by atoms with Gasteiger partial charge in [-0.1, -0.05) is 61.5 Å². The number of nitrogens with one attached hydrogen (secondary N) is 1. The molecule has 0 spiro atoms. The lowest BCUT2D eigenvalue weighted by Gasteiger charge is -2.51. The molecule has 7 heteroatoms. The molecule has 2 atom stereocenters. The molecule has 1 aromatic heterocycles. The molecule has 2 amide bonds. The van der Waals surface area contributed by atoms with Gasteiger partial charge in [0.25, 0.3) is 5.91 Å². The minimum absolute atomic E-state index is 0.0423. The molecular weight excluding hydrogens is 502 g/mol. The molecule has 2 aliphatic heterocycles. The highest BCUT2D eigenvalue weighted by atomic mass is 16.5. The SMILES string of the molecule is CCCOc1ccc(C2CN3C(=O)CN(CCc4ccccc4)C(=O)C3(C)c3[nH]c4ccccc4c32)cc1OC. The Labute approximate surface area is 234 Å². The number of nitrogens with zero attached hydrogens (tertiary/aromatic N) is 2. The number of aromatic amines is 1. The van der Waals surface area contributed by atoms with E-state index in [2.05, 4.69) is 36.2 Å². The van der Waals surface area contributed by atoms with Gasteiger partial charge in [0.1, 0.15) is 0 Å². The smallest absolute Gasteiger partial charge is 0.254 e. The number of aromatic nitrogens is 1. The fraction of sp³-hybridized carbons (Fsp3) is 0.333. The van der Waals surface area contributed by atoms with Crippen LogP contribution in [0.15, 0.2) is 72.8 Å². The molecule has 0 aliphatic carbocycles. The molecule has 0 bridgehead atoms. The number of hydrogen-bond donors (Lipinski definition) is 1. The molecule has 6 rings (SSSR count). The van der Waals surface area contributed by atoms with Crippen molar-refractivity contribution in [1.82, 2.24) is 14.8 Å². The van der Waals surface area contributed by atoms with Crippen molar-refractivity contribution < 1.29 is 19.1 Å². The number of ether oxygens (including phenoxy) is 2.